The Morgan fingerprint density at radius 1 is 1.25 bits per heavy atom. The fraction of sp³-hybridized carbons (Fsp3) is 0.333. The summed E-state index contributed by atoms with van der Waals surface area (Å²) in [6.07, 6.45) is 0.957. The number of hydrogen-bond acceptors (Lipinski definition) is 5. The first kappa shape index (κ1) is 19.8. The summed E-state index contributed by atoms with van der Waals surface area (Å²) in [5.41, 5.74) is 0.203. The van der Waals surface area contributed by atoms with E-state index in [1.165, 1.54) is 36.7 Å². The minimum Gasteiger partial charge on any atom is -0.375 e. The molecule has 28 heavy (non-hydrogen) atoms. The summed E-state index contributed by atoms with van der Waals surface area (Å²) in [6, 6.07) is 7.24. The number of rotatable bonds is 6. The molecule has 0 aliphatic carbocycles. The summed E-state index contributed by atoms with van der Waals surface area (Å²) < 4.78 is 9.10. The lowest BCUT2D eigenvalue weighted by molar-refractivity contribution is -0.122. The van der Waals surface area contributed by atoms with Crippen LogP contribution in [0.15, 0.2) is 40.2 Å². The maximum absolute atomic E-state index is 12.4. The molecule has 0 saturated carbocycles. The van der Waals surface area contributed by atoms with Crippen LogP contribution in [0.3, 0.4) is 0 Å². The normalized spacial score (nSPS) is 12.3. The smallest absolute Gasteiger partial charge is 0.332 e. The quantitative estimate of drug-likeness (QED) is 0.647. The lowest BCUT2D eigenvalue weighted by Gasteiger charge is -2.18. The Hall–Kier alpha value is -2.91. The molecule has 2 heterocycles. The molecule has 0 fully saturated rings. The number of methoxy groups -OCH3 is 1. The Balaban J connectivity index is 1.78. The van der Waals surface area contributed by atoms with Crippen LogP contribution in [-0.2, 0) is 30.2 Å². The van der Waals surface area contributed by atoms with E-state index in [1.54, 1.807) is 6.07 Å². The number of aromatic nitrogens is 4. The van der Waals surface area contributed by atoms with Crippen LogP contribution in [0.4, 0.5) is 0 Å². The second-order valence-electron chi connectivity index (χ2n) is 6.30. The third kappa shape index (κ3) is 3.58. The zero-order valence-electron chi connectivity index (χ0n) is 15.7. The fourth-order valence-corrected chi connectivity index (χ4v) is 3.25. The number of benzene rings is 1. The summed E-state index contributed by atoms with van der Waals surface area (Å²) in [7, 11) is 4.44. The summed E-state index contributed by atoms with van der Waals surface area (Å²) >= 11 is 6.18. The highest BCUT2D eigenvalue weighted by Gasteiger charge is 2.18. The van der Waals surface area contributed by atoms with E-state index in [-0.39, 0.29) is 30.2 Å². The van der Waals surface area contributed by atoms with Crippen LogP contribution < -0.4 is 16.6 Å². The van der Waals surface area contributed by atoms with Gasteiger partial charge in [-0.3, -0.25) is 18.7 Å². The molecule has 2 aromatic heterocycles. The summed E-state index contributed by atoms with van der Waals surface area (Å²) in [4.78, 5) is 40.9. The standard InChI is InChI=1S/C18H20ClN5O4/c1-22-16-15(17(26)23(2)18(22)27)24(10-21-16)9-14(25)20-8-13(28-3)11-6-4-5-7-12(11)19/h4-7,10,13H,8-9H2,1-3H3,(H,20,25). The summed E-state index contributed by atoms with van der Waals surface area (Å²) in [5, 5.41) is 3.32. The van der Waals surface area contributed by atoms with E-state index in [1.807, 2.05) is 18.2 Å². The van der Waals surface area contributed by atoms with Crippen molar-refractivity contribution < 1.29 is 9.53 Å². The number of carbonyl (C=O) groups excluding carboxylic acids is 1. The van der Waals surface area contributed by atoms with E-state index < -0.39 is 17.4 Å². The van der Waals surface area contributed by atoms with Crippen LogP contribution in [0.25, 0.3) is 11.2 Å². The van der Waals surface area contributed by atoms with Crippen molar-refractivity contribution in [3.63, 3.8) is 0 Å². The second kappa shape index (κ2) is 7.99. The minimum atomic E-state index is -0.505. The Morgan fingerprint density at radius 3 is 2.64 bits per heavy atom. The molecule has 1 N–H and O–H groups in total. The molecule has 3 rings (SSSR count). The molecule has 1 atom stereocenters. The number of hydrogen-bond donors (Lipinski definition) is 1. The Morgan fingerprint density at radius 2 is 1.96 bits per heavy atom. The summed E-state index contributed by atoms with van der Waals surface area (Å²) in [6.45, 7) is 0.0884. The Kier molecular flexibility index (Phi) is 5.66. The zero-order valence-corrected chi connectivity index (χ0v) is 16.4. The number of fused-ring (bicyclic) bond motifs is 1. The SMILES string of the molecule is COC(CNC(=O)Cn1cnc2c1c(=O)n(C)c(=O)n2C)c1ccccc1Cl. The van der Waals surface area contributed by atoms with Gasteiger partial charge in [-0.25, -0.2) is 9.78 Å². The lowest BCUT2D eigenvalue weighted by atomic mass is 10.1. The number of nitrogens with one attached hydrogen (secondary N) is 1. The van der Waals surface area contributed by atoms with Crippen LogP contribution >= 0.6 is 11.6 Å². The fourth-order valence-electron chi connectivity index (χ4n) is 2.99. The van der Waals surface area contributed by atoms with Crippen molar-refractivity contribution in [3.8, 4) is 0 Å². The number of amides is 1. The van der Waals surface area contributed by atoms with Crippen molar-refractivity contribution in [2.24, 2.45) is 14.1 Å². The van der Waals surface area contributed by atoms with Gasteiger partial charge in [0.15, 0.2) is 11.2 Å². The molecule has 10 heteroatoms. The Bertz CT molecular complexity index is 1150. The van der Waals surface area contributed by atoms with Crippen molar-refractivity contribution in [2.75, 3.05) is 13.7 Å². The Labute approximate surface area is 165 Å². The minimum absolute atomic E-state index is 0.122. The van der Waals surface area contributed by atoms with Gasteiger partial charge in [-0.2, -0.15) is 0 Å². The van der Waals surface area contributed by atoms with E-state index in [4.69, 9.17) is 16.3 Å². The van der Waals surface area contributed by atoms with Gasteiger partial charge in [0.2, 0.25) is 5.91 Å². The maximum atomic E-state index is 12.4. The third-order valence-electron chi connectivity index (χ3n) is 4.55. The molecular weight excluding hydrogens is 386 g/mol. The van der Waals surface area contributed by atoms with Gasteiger partial charge in [-0.05, 0) is 6.07 Å². The zero-order chi connectivity index (χ0) is 20.4. The van der Waals surface area contributed by atoms with E-state index >= 15 is 0 Å². The van der Waals surface area contributed by atoms with E-state index in [2.05, 4.69) is 10.3 Å². The molecule has 0 spiro atoms. The highest BCUT2D eigenvalue weighted by Crippen LogP contribution is 2.24. The van der Waals surface area contributed by atoms with Gasteiger partial charge in [0, 0.05) is 38.3 Å². The molecule has 1 unspecified atom stereocenters. The van der Waals surface area contributed by atoms with E-state index in [9.17, 15) is 14.4 Å². The van der Waals surface area contributed by atoms with Crippen LogP contribution in [-0.4, -0.2) is 38.2 Å². The monoisotopic (exact) mass is 405 g/mol. The third-order valence-corrected chi connectivity index (χ3v) is 4.90. The lowest BCUT2D eigenvalue weighted by Crippen LogP contribution is -2.38. The largest absolute Gasteiger partial charge is 0.375 e. The molecule has 9 nitrogen and oxygen atoms in total. The van der Waals surface area contributed by atoms with Crippen LogP contribution in [0.2, 0.25) is 5.02 Å². The van der Waals surface area contributed by atoms with Crippen molar-refractivity contribution in [1.29, 1.82) is 0 Å². The van der Waals surface area contributed by atoms with Gasteiger partial charge in [-0.15, -0.1) is 0 Å². The van der Waals surface area contributed by atoms with Gasteiger partial charge < -0.3 is 14.6 Å². The predicted molar refractivity (Wildman–Crippen MR) is 104 cm³/mol. The first-order valence-electron chi connectivity index (χ1n) is 8.50. The first-order valence-corrected chi connectivity index (χ1v) is 8.87. The van der Waals surface area contributed by atoms with Crippen LogP contribution in [0, 0.1) is 0 Å². The number of nitrogens with zero attached hydrogens (tertiary/aromatic N) is 4. The molecule has 0 bridgehead atoms. The van der Waals surface area contributed by atoms with Gasteiger partial charge >= 0.3 is 5.69 Å². The van der Waals surface area contributed by atoms with Gasteiger partial charge in [0.25, 0.3) is 5.56 Å². The molecule has 0 radical (unpaired) electrons. The van der Waals surface area contributed by atoms with Crippen molar-refractivity contribution in [1.82, 2.24) is 24.0 Å². The van der Waals surface area contributed by atoms with Gasteiger partial charge in [0.1, 0.15) is 12.6 Å². The molecule has 1 amide bonds. The molecule has 0 saturated heterocycles. The highest BCUT2D eigenvalue weighted by molar-refractivity contribution is 6.31. The average molecular weight is 406 g/mol. The molecule has 1 aromatic carbocycles. The topological polar surface area (TPSA) is 100 Å². The first-order chi connectivity index (χ1) is 13.3. The number of ether oxygens (including phenoxy) is 1. The maximum Gasteiger partial charge on any atom is 0.332 e. The molecule has 0 aliphatic rings. The van der Waals surface area contributed by atoms with Crippen molar-refractivity contribution in [2.45, 2.75) is 12.6 Å². The molecular formula is C18H20ClN5O4. The molecule has 3 aromatic rings. The second-order valence-corrected chi connectivity index (χ2v) is 6.71. The van der Waals surface area contributed by atoms with E-state index in [0.717, 1.165) is 10.1 Å². The van der Waals surface area contributed by atoms with Gasteiger partial charge in [0.05, 0.1) is 6.33 Å². The van der Waals surface area contributed by atoms with E-state index in [0.29, 0.717) is 5.02 Å². The number of aryl methyl sites for hydroxylation is 1. The van der Waals surface area contributed by atoms with Crippen LogP contribution in [0.1, 0.15) is 11.7 Å². The van der Waals surface area contributed by atoms with Gasteiger partial charge in [-0.1, -0.05) is 29.8 Å². The predicted octanol–water partition coefficient (Wildman–Crippen LogP) is 0.591. The number of halogens is 1. The number of carbonyl (C=O) groups is 1. The average Bonchev–Trinajstić information content (AvgIpc) is 3.10. The van der Waals surface area contributed by atoms with Crippen molar-refractivity contribution >= 4 is 28.7 Å². The van der Waals surface area contributed by atoms with Crippen molar-refractivity contribution in [3.05, 3.63) is 62.0 Å². The molecule has 148 valence electrons. The number of imidazole rings is 1. The summed E-state index contributed by atoms with van der Waals surface area (Å²) in [5.74, 6) is -0.329. The highest BCUT2D eigenvalue weighted by atomic mass is 35.5. The molecule has 0 aliphatic heterocycles. The van der Waals surface area contributed by atoms with Crippen LogP contribution in [0.5, 0.6) is 0 Å².